The molecule has 0 spiro atoms. The summed E-state index contributed by atoms with van der Waals surface area (Å²) in [7, 11) is 3.67. The van der Waals surface area contributed by atoms with E-state index in [1.807, 2.05) is 0 Å². The Kier molecular flexibility index (Phi) is 21.7. The van der Waals surface area contributed by atoms with Crippen molar-refractivity contribution in [3.8, 4) is 0 Å². The Balaban J connectivity index is 0. The minimum absolute atomic E-state index is 0. The molecule has 0 aliphatic heterocycles. The molecule has 1 nitrogen and oxygen atoms in total. The summed E-state index contributed by atoms with van der Waals surface area (Å²) in [6.07, 6.45) is 0. The van der Waals surface area contributed by atoms with Gasteiger partial charge in [-0.3, -0.25) is 0 Å². The van der Waals surface area contributed by atoms with E-state index < -0.39 is 0 Å². The summed E-state index contributed by atoms with van der Waals surface area (Å²) in [6, 6.07) is 0. The van der Waals surface area contributed by atoms with E-state index in [0.717, 1.165) is 0 Å². The van der Waals surface area contributed by atoms with E-state index in [-0.39, 0.29) is 8.41 Å². The lowest BCUT2D eigenvalue weighted by molar-refractivity contribution is 0.488. The van der Waals surface area contributed by atoms with Crippen LogP contribution in [0.4, 0.5) is 0 Å². The summed E-state index contributed by atoms with van der Waals surface area (Å²) >= 11 is 0. The maximum Gasteiger partial charge on any atom is 0.0391 e. The second kappa shape index (κ2) is 9.84. The third kappa shape index (κ3) is 25.1. The van der Waals surface area contributed by atoms with Crippen LogP contribution >= 0.6 is 9.47 Å². The molecule has 0 saturated heterocycles. The third-order valence-electron chi connectivity index (χ3n) is 0. The average Bonchev–Trinajstić information content (AvgIpc) is 0.918. The highest BCUT2D eigenvalue weighted by Crippen LogP contribution is 1.68. The molecule has 0 rings (SSSR count). The Bertz CT molecular complexity index is 8.00. The Morgan fingerprint density at radius 3 is 1.75 bits per heavy atom. The Hall–Kier alpha value is 0.455. The van der Waals surface area contributed by atoms with E-state index in [1.54, 1.807) is 7.11 Å². The lowest BCUT2D eigenvalue weighted by atomic mass is 10.8. The molecule has 0 N–H and O–H groups in total. The minimum Gasteiger partial charge on any atom is -0.369 e. The average molecular weight is 74.8 g/mol. The summed E-state index contributed by atoms with van der Waals surface area (Å²) in [5, 5.41) is 0. The molecule has 0 aliphatic carbocycles. The van der Waals surface area contributed by atoms with Gasteiger partial charge in [0.1, 0.15) is 0 Å². The number of hydrogen-bond donors (Lipinski definition) is 0. The Morgan fingerprint density at radius 1 is 1.75 bits per heavy atom. The third-order valence-corrected chi connectivity index (χ3v) is 0. The van der Waals surface area contributed by atoms with Crippen molar-refractivity contribution in [3.05, 3.63) is 0 Å². The molecule has 3 heteroatoms. The first kappa shape index (κ1) is 8.82. The molecular weight excluding hydrogens is 69.8 g/mol. The van der Waals surface area contributed by atoms with Gasteiger partial charge in [-0.25, -0.2) is 0 Å². The molecule has 0 heterocycles. The van der Waals surface area contributed by atoms with Crippen LogP contribution in [0.2, 0.25) is 0 Å². The lowest BCUT2D eigenvalue weighted by Crippen LogP contribution is -1.37. The second-order valence-corrected chi connectivity index (χ2v) is 0.707. The van der Waals surface area contributed by atoms with E-state index in [4.69, 9.17) is 0 Å². The molecule has 0 amide bonds. The standard InChI is InChI=1S/CH5OP.B/c1-2-3;/h3H2,1H3;. The molecule has 1 atom stereocenters. The van der Waals surface area contributed by atoms with E-state index in [0.29, 0.717) is 0 Å². The molecule has 0 aliphatic rings. The van der Waals surface area contributed by atoms with Crippen LogP contribution in [-0.4, -0.2) is 15.5 Å². The quantitative estimate of drug-likeness (QED) is 0.291. The fourth-order valence-electron chi connectivity index (χ4n) is 0. The van der Waals surface area contributed by atoms with Crippen molar-refractivity contribution < 1.29 is 4.52 Å². The highest BCUT2D eigenvalue weighted by Gasteiger charge is 1.25. The number of hydrogen-bond acceptors (Lipinski definition) is 1. The van der Waals surface area contributed by atoms with Gasteiger partial charge in [0.15, 0.2) is 0 Å². The van der Waals surface area contributed by atoms with Gasteiger partial charge in [0, 0.05) is 15.5 Å². The molecule has 4 heavy (non-hydrogen) atoms. The predicted molar refractivity (Wildman–Crippen MR) is 22.5 cm³/mol. The Morgan fingerprint density at radius 2 is 1.75 bits per heavy atom. The maximum absolute atomic E-state index is 4.17. The highest BCUT2D eigenvalue weighted by atomic mass is 31.0. The Labute approximate surface area is 30.6 Å². The van der Waals surface area contributed by atoms with Crippen LogP contribution in [-0.2, 0) is 4.52 Å². The molecule has 3 radical (unpaired) electrons. The van der Waals surface area contributed by atoms with Crippen LogP contribution in [0.3, 0.4) is 0 Å². The van der Waals surface area contributed by atoms with E-state index in [2.05, 4.69) is 14.0 Å². The molecule has 1 unspecified atom stereocenters. The van der Waals surface area contributed by atoms with Crippen molar-refractivity contribution in [3.63, 3.8) is 0 Å². The summed E-state index contributed by atoms with van der Waals surface area (Å²) in [5.74, 6) is 0. The van der Waals surface area contributed by atoms with Crippen LogP contribution < -0.4 is 0 Å². The summed E-state index contributed by atoms with van der Waals surface area (Å²) < 4.78 is 4.17. The van der Waals surface area contributed by atoms with Crippen LogP contribution in [0, 0.1) is 0 Å². The first-order valence-electron chi connectivity index (χ1n) is 0.644. The van der Waals surface area contributed by atoms with Crippen molar-refractivity contribution in [2.24, 2.45) is 0 Å². The van der Waals surface area contributed by atoms with Crippen LogP contribution in [0.5, 0.6) is 0 Å². The fourth-order valence-corrected chi connectivity index (χ4v) is 0. The van der Waals surface area contributed by atoms with Gasteiger partial charge >= 0.3 is 0 Å². The smallest absolute Gasteiger partial charge is 0.0391 e. The van der Waals surface area contributed by atoms with Crippen molar-refractivity contribution in [1.82, 2.24) is 0 Å². The summed E-state index contributed by atoms with van der Waals surface area (Å²) in [6.45, 7) is 0. The molecule has 0 bridgehead atoms. The van der Waals surface area contributed by atoms with Gasteiger partial charge in [0.2, 0.25) is 0 Å². The summed E-state index contributed by atoms with van der Waals surface area (Å²) in [4.78, 5) is 0. The van der Waals surface area contributed by atoms with E-state index in [9.17, 15) is 0 Å². The van der Waals surface area contributed by atoms with Crippen molar-refractivity contribution in [1.29, 1.82) is 0 Å². The van der Waals surface area contributed by atoms with Gasteiger partial charge in [-0.1, -0.05) is 0 Å². The van der Waals surface area contributed by atoms with Gasteiger partial charge in [-0.15, -0.1) is 0 Å². The van der Waals surface area contributed by atoms with Crippen molar-refractivity contribution in [2.45, 2.75) is 0 Å². The highest BCUT2D eigenvalue weighted by molar-refractivity contribution is 7.09. The predicted octanol–water partition coefficient (Wildman–Crippen LogP) is 0.0421. The molecule has 0 aromatic carbocycles. The van der Waals surface area contributed by atoms with Crippen LogP contribution in [0.25, 0.3) is 0 Å². The first-order chi connectivity index (χ1) is 1.41. The topological polar surface area (TPSA) is 9.23 Å². The van der Waals surface area contributed by atoms with Crippen molar-refractivity contribution >= 4 is 17.9 Å². The van der Waals surface area contributed by atoms with Gasteiger partial charge in [-0.05, 0) is 9.47 Å². The van der Waals surface area contributed by atoms with Crippen LogP contribution in [0.15, 0.2) is 0 Å². The largest absolute Gasteiger partial charge is 0.369 e. The zero-order valence-electron chi connectivity index (χ0n) is 2.56. The number of rotatable bonds is 0. The first-order valence-corrected chi connectivity index (χ1v) is 1.12. The second-order valence-electron chi connectivity index (χ2n) is 0.236. The van der Waals surface area contributed by atoms with Gasteiger partial charge in [0.25, 0.3) is 0 Å². The maximum atomic E-state index is 4.17. The molecule has 0 aromatic rings. The zero-order chi connectivity index (χ0) is 2.71. The lowest BCUT2D eigenvalue weighted by Gasteiger charge is -1.60. The molecule has 0 aromatic heterocycles. The van der Waals surface area contributed by atoms with Gasteiger partial charge in [-0.2, -0.15) is 0 Å². The van der Waals surface area contributed by atoms with E-state index in [1.165, 1.54) is 0 Å². The van der Waals surface area contributed by atoms with Crippen molar-refractivity contribution in [2.75, 3.05) is 7.11 Å². The molecule has 0 fully saturated rings. The SMILES string of the molecule is COP.[B]. The summed E-state index contributed by atoms with van der Waals surface area (Å²) in [5.41, 5.74) is 0. The monoisotopic (exact) mass is 75.0 g/mol. The molecule has 23 valence electrons. The van der Waals surface area contributed by atoms with E-state index >= 15 is 0 Å². The van der Waals surface area contributed by atoms with Gasteiger partial charge < -0.3 is 4.52 Å². The van der Waals surface area contributed by atoms with Gasteiger partial charge in [0.05, 0.1) is 0 Å². The molecular formula is CH5BOP. The fraction of sp³-hybridized carbons (Fsp3) is 1.00. The normalized spacial score (nSPS) is 4.50. The minimum atomic E-state index is 0. The zero-order valence-corrected chi connectivity index (χ0v) is 3.72. The van der Waals surface area contributed by atoms with Crippen LogP contribution in [0.1, 0.15) is 0 Å². The molecule has 0 saturated carbocycles.